The molecule has 0 aliphatic carbocycles. The maximum atomic E-state index is 11.7. The van der Waals surface area contributed by atoms with Gasteiger partial charge in [-0.2, -0.15) is 0 Å². The Hall–Kier alpha value is -2.61. The van der Waals surface area contributed by atoms with E-state index < -0.39 is 20.4 Å². The molecule has 0 aromatic heterocycles. The third-order valence-electron chi connectivity index (χ3n) is 2.75. The first-order chi connectivity index (χ1) is 9.79. The number of rotatable bonds is 4. The van der Waals surface area contributed by atoms with Crippen molar-refractivity contribution in [1.82, 2.24) is 0 Å². The second-order valence-electron chi connectivity index (χ2n) is 4.43. The van der Waals surface area contributed by atoms with Crippen molar-refractivity contribution >= 4 is 32.6 Å². The van der Waals surface area contributed by atoms with Crippen LogP contribution in [0.3, 0.4) is 0 Å². The number of hydrogen-bond donors (Lipinski definition) is 2. The number of nitro benzene ring substituents is 1. The Morgan fingerprint density at radius 3 is 2.43 bits per heavy atom. The minimum atomic E-state index is -3.71. The lowest BCUT2D eigenvalue weighted by molar-refractivity contribution is -0.386. The summed E-state index contributed by atoms with van der Waals surface area (Å²) in [5.41, 5.74) is 6.27. The van der Waals surface area contributed by atoms with E-state index in [0.29, 0.717) is 11.4 Å². The summed E-state index contributed by atoms with van der Waals surface area (Å²) >= 11 is 0. The molecule has 0 unspecified atom stereocenters. The molecule has 0 spiro atoms. The van der Waals surface area contributed by atoms with Crippen molar-refractivity contribution in [1.29, 1.82) is 0 Å². The Balaban J connectivity index is 2.57. The van der Waals surface area contributed by atoms with Gasteiger partial charge in [0.2, 0.25) is 0 Å². The Bertz CT molecular complexity index is 803. The second-order valence-corrected chi connectivity index (χ2v) is 6.42. The molecular formula is C13H13N3O4S. The molecule has 0 atom stereocenters. The van der Waals surface area contributed by atoms with Gasteiger partial charge in [-0.1, -0.05) is 12.1 Å². The van der Waals surface area contributed by atoms with Gasteiger partial charge in [0.15, 0.2) is 9.84 Å². The minimum Gasteiger partial charge on any atom is -0.399 e. The summed E-state index contributed by atoms with van der Waals surface area (Å²) in [6, 6.07) is 10.7. The molecule has 21 heavy (non-hydrogen) atoms. The number of hydrogen-bond acceptors (Lipinski definition) is 6. The standard InChI is InChI=1S/C13H13N3O4S/c1-21(19,20)12-7-3-6-11(13(12)16(17)18)15-10-5-2-4-9(14)8-10/h2-8,15H,14H2,1H3. The average molecular weight is 307 g/mol. The molecule has 0 amide bonds. The van der Waals surface area contributed by atoms with Crippen molar-refractivity contribution in [2.45, 2.75) is 4.90 Å². The van der Waals surface area contributed by atoms with Gasteiger partial charge >= 0.3 is 5.69 Å². The number of para-hydroxylation sites is 1. The van der Waals surface area contributed by atoms with Crippen molar-refractivity contribution in [3.8, 4) is 0 Å². The summed E-state index contributed by atoms with van der Waals surface area (Å²) in [5.74, 6) is 0. The fourth-order valence-corrected chi connectivity index (χ4v) is 2.74. The van der Waals surface area contributed by atoms with Gasteiger partial charge in [-0.25, -0.2) is 8.42 Å². The normalized spacial score (nSPS) is 11.1. The van der Waals surface area contributed by atoms with E-state index in [-0.39, 0.29) is 10.6 Å². The van der Waals surface area contributed by atoms with Crippen LogP contribution in [0.5, 0.6) is 0 Å². The quantitative estimate of drug-likeness (QED) is 0.509. The van der Waals surface area contributed by atoms with Gasteiger partial charge in [-0.3, -0.25) is 10.1 Å². The summed E-state index contributed by atoms with van der Waals surface area (Å²) in [4.78, 5) is 10.2. The zero-order valence-electron chi connectivity index (χ0n) is 11.1. The van der Waals surface area contributed by atoms with Crippen LogP contribution in [0.4, 0.5) is 22.7 Å². The topological polar surface area (TPSA) is 115 Å². The SMILES string of the molecule is CS(=O)(=O)c1cccc(Nc2cccc(N)c2)c1[N+](=O)[O-]. The number of benzene rings is 2. The fourth-order valence-electron chi connectivity index (χ4n) is 1.88. The Kier molecular flexibility index (Phi) is 3.81. The van der Waals surface area contributed by atoms with E-state index in [1.165, 1.54) is 18.2 Å². The molecule has 110 valence electrons. The van der Waals surface area contributed by atoms with Crippen LogP contribution in [0.15, 0.2) is 47.4 Å². The van der Waals surface area contributed by atoms with Crippen LogP contribution in [0, 0.1) is 10.1 Å². The number of anilines is 3. The zero-order valence-corrected chi connectivity index (χ0v) is 11.9. The van der Waals surface area contributed by atoms with Gasteiger partial charge in [0.05, 0.1) is 4.92 Å². The summed E-state index contributed by atoms with van der Waals surface area (Å²) in [7, 11) is -3.71. The van der Waals surface area contributed by atoms with Crippen LogP contribution in [-0.4, -0.2) is 19.6 Å². The molecule has 7 nitrogen and oxygen atoms in total. The van der Waals surface area contributed by atoms with E-state index in [9.17, 15) is 18.5 Å². The molecule has 2 rings (SSSR count). The van der Waals surface area contributed by atoms with Crippen molar-refractivity contribution in [3.63, 3.8) is 0 Å². The van der Waals surface area contributed by atoms with Crippen molar-refractivity contribution < 1.29 is 13.3 Å². The molecular weight excluding hydrogens is 294 g/mol. The molecule has 0 heterocycles. The monoisotopic (exact) mass is 307 g/mol. The van der Waals surface area contributed by atoms with E-state index in [4.69, 9.17) is 5.73 Å². The largest absolute Gasteiger partial charge is 0.399 e. The van der Waals surface area contributed by atoms with Crippen LogP contribution in [0.25, 0.3) is 0 Å². The first-order valence-electron chi connectivity index (χ1n) is 5.89. The summed E-state index contributed by atoms with van der Waals surface area (Å²) in [6.45, 7) is 0. The second kappa shape index (κ2) is 5.41. The lowest BCUT2D eigenvalue weighted by atomic mass is 10.2. The minimum absolute atomic E-state index is 0.0912. The van der Waals surface area contributed by atoms with Crippen LogP contribution in [0.2, 0.25) is 0 Å². The maximum Gasteiger partial charge on any atom is 0.311 e. The Morgan fingerprint density at radius 2 is 1.86 bits per heavy atom. The number of nitrogens with two attached hydrogens (primary N) is 1. The highest BCUT2D eigenvalue weighted by molar-refractivity contribution is 7.90. The number of nitrogens with zero attached hydrogens (tertiary/aromatic N) is 1. The van der Waals surface area contributed by atoms with E-state index in [0.717, 1.165) is 6.26 Å². The fraction of sp³-hybridized carbons (Fsp3) is 0.0769. The lowest BCUT2D eigenvalue weighted by Gasteiger charge is -2.09. The highest BCUT2D eigenvalue weighted by Crippen LogP contribution is 2.34. The average Bonchev–Trinajstić information content (AvgIpc) is 2.37. The zero-order chi connectivity index (χ0) is 15.6. The molecule has 3 N–H and O–H groups in total. The molecule has 8 heteroatoms. The molecule has 2 aromatic rings. The van der Waals surface area contributed by atoms with Crippen LogP contribution < -0.4 is 11.1 Å². The first-order valence-corrected chi connectivity index (χ1v) is 7.78. The van der Waals surface area contributed by atoms with Crippen LogP contribution >= 0.6 is 0 Å². The van der Waals surface area contributed by atoms with Gasteiger partial charge < -0.3 is 11.1 Å². The van der Waals surface area contributed by atoms with Gasteiger partial charge in [0.1, 0.15) is 10.6 Å². The number of nitro groups is 1. The summed E-state index contributed by atoms with van der Waals surface area (Å²) in [5, 5.41) is 14.0. The van der Waals surface area contributed by atoms with Gasteiger partial charge in [0.25, 0.3) is 0 Å². The number of nitrogens with one attached hydrogen (secondary N) is 1. The number of nitrogen functional groups attached to an aromatic ring is 1. The molecule has 0 saturated heterocycles. The molecule has 0 fully saturated rings. The van der Waals surface area contributed by atoms with E-state index >= 15 is 0 Å². The molecule has 0 bridgehead atoms. The Labute approximate surface area is 121 Å². The Morgan fingerprint density at radius 1 is 1.19 bits per heavy atom. The molecule has 0 saturated carbocycles. The molecule has 0 aliphatic rings. The van der Waals surface area contributed by atoms with Crippen molar-refractivity contribution in [3.05, 3.63) is 52.6 Å². The first kappa shape index (κ1) is 14.8. The number of sulfone groups is 1. The summed E-state index contributed by atoms with van der Waals surface area (Å²) < 4.78 is 23.3. The summed E-state index contributed by atoms with van der Waals surface area (Å²) in [6.07, 6.45) is 0.930. The molecule has 0 radical (unpaired) electrons. The lowest BCUT2D eigenvalue weighted by Crippen LogP contribution is -2.05. The highest BCUT2D eigenvalue weighted by atomic mass is 32.2. The van der Waals surface area contributed by atoms with Crippen molar-refractivity contribution in [2.75, 3.05) is 17.3 Å². The van der Waals surface area contributed by atoms with E-state index in [1.54, 1.807) is 24.3 Å². The molecule has 0 aliphatic heterocycles. The third-order valence-corrected chi connectivity index (χ3v) is 3.88. The van der Waals surface area contributed by atoms with E-state index in [2.05, 4.69) is 5.32 Å². The predicted octanol–water partition coefficient (Wildman–Crippen LogP) is 2.32. The predicted molar refractivity (Wildman–Crippen MR) is 80.3 cm³/mol. The maximum absolute atomic E-state index is 11.7. The smallest absolute Gasteiger partial charge is 0.311 e. The van der Waals surface area contributed by atoms with Crippen LogP contribution in [0.1, 0.15) is 0 Å². The van der Waals surface area contributed by atoms with Gasteiger partial charge in [0, 0.05) is 17.6 Å². The van der Waals surface area contributed by atoms with E-state index in [1.807, 2.05) is 0 Å². The third kappa shape index (κ3) is 3.29. The van der Waals surface area contributed by atoms with Crippen LogP contribution in [-0.2, 0) is 9.84 Å². The van der Waals surface area contributed by atoms with Crippen molar-refractivity contribution in [2.24, 2.45) is 0 Å². The molecule has 2 aromatic carbocycles. The highest BCUT2D eigenvalue weighted by Gasteiger charge is 2.26. The van der Waals surface area contributed by atoms with Gasteiger partial charge in [-0.15, -0.1) is 0 Å². The van der Waals surface area contributed by atoms with Gasteiger partial charge in [-0.05, 0) is 30.3 Å².